The van der Waals surface area contributed by atoms with Crippen LogP contribution in [-0.2, 0) is 14.3 Å². The molecule has 12 heavy (non-hydrogen) atoms. The zero-order valence-corrected chi connectivity index (χ0v) is 7.03. The minimum absolute atomic E-state index is 0.00662. The fourth-order valence-electron chi connectivity index (χ4n) is 1.08. The number of ketones is 1. The molecule has 0 amide bonds. The molecule has 0 aromatic carbocycles. The molecule has 0 radical (unpaired) electrons. The lowest BCUT2D eigenvalue weighted by molar-refractivity contribution is -0.121. The van der Waals surface area contributed by atoms with Gasteiger partial charge in [0.25, 0.3) is 0 Å². The molecule has 0 N–H and O–H groups in total. The molecule has 0 aromatic rings. The van der Waals surface area contributed by atoms with E-state index in [4.69, 9.17) is 4.74 Å². The Labute approximate surface area is 71.4 Å². The Balaban J connectivity index is 2.39. The molecule has 1 heterocycles. The molecule has 2 unspecified atom stereocenters. The zero-order valence-electron chi connectivity index (χ0n) is 7.03. The molecule has 3 heteroatoms. The van der Waals surface area contributed by atoms with Gasteiger partial charge in [0.2, 0.25) is 0 Å². The lowest BCUT2D eigenvalue weighted by Crippen LogP contribution is -2.22. The van der Waals surface area contributed by atoms with Gasteiger partial charge >= 0.3 is 0 Å². The van der Waals surface area contributed by atoms with Gasteiger partial charge in [0.15, 0.2) is 5.78 Å². The van der Waals surface area contributed by atoms with E-state index in [-0.39, 0.29) is 24.4 Å². The second kappa shape index (κ2) is 4.16. The Morgan fingerprint density at radius 3 is 3.08 bits per heavy atom. The van der Waals surface area contributed by atoms with E-state index in [1.54, 1.807) is 6.08 Å². The van der Waals surface area contributed by atoms with Gasteiger partial charge < -0.3 is 9.53 Å². The molecule has 3 nitrogen and oxygen atoms in total. The van der Waals surface area contributed by atoms with E-state index in [0.29, 0.717) is 6.42 Å². The van der Waals surface area contributed by atoms with Crippen LogP contribution in [0.15, 0.2) is 12.2 Å². The van der Waals surface area contributed by atoms with E-state index in [0.717, 1.165) is 6.29 Å². The van der Waals surface area contributed by atoms with Gasteiger partial charge in [-0.3, -0.25) is 4.79 Å². The molecule has 0 aromatic heterocycles. The van der Waals surface area contributed by atoms with Gasteiger partial charge in [-0.15, -0.1) is 0 Å². The predicted molar refractivity (Wildman–Crippen MR) is 43.7 cm³/mol. The Morgan fingerprint density at radius 2 is 2.58 bits per heavy atom. The smallest absolute Gasteiger partial charge is 0.181 e. The first-order valence-corrected chi connectivity index (χ1v) is 4.00. The molecule has 1 aliphatic rings. The van der Waals surface area contributed by atoms with Crippen molar-refractivity contribution in [1.29, 1.82) is 0 Å². The summed E-state index contributed by atoms with van der Waals surface area (Å²) in [5, 5.41) is 0. The minimum atomic E-state index is -0.0668. The van der Waals surface area contributed by atoms with Gasteiger partial charge in [0, 0.05) is 5.92 Å². The van der Waals surface area contributed by atoms with Crippen LogP contribution in [0.4, 0.5) is 0 Å². The van der Waals surface area contributed by atoms with Crippen molar-refractivity contribution in [3.05, 3.63) is 12.2 Å². The van der Waals surface area contributed by atoms with E-state index >= 15 is 0 Å². The molecule has 0 saturated heterocycles. The molecule has 0 spiro atoms. The highest BCUT2D eigenvalue weighted by atomic mass is 16.5. The first-order valence-electron chi connectivity index (χ1n) is 4.00. The van der Waals surface area contributed by atoms with Crippen LogP contribution >= 0.6 is 0 Å². The topological polar surface area (TPSA) is 43.4 Å². The molecule has 0 aliphatic carbocycles. The summed E-state index contributed by atoms with van der Waals surface area (Å²) in [5.74, 6) is -0.0159. The van der Waals surface area contributed by atoms with Gasteiger partial charge in [-0.25, -0.2) is 0 Å². The molecule has 2 atom stereocenters. The van der Waals surface area contributed by atoms with Crippen molar-refractivity contribution in [3.8, 4) is 0 Å². The fourth-order valence-corrected chi connectivity index (χ4v) is 1.08. The van der Waals surface area contributed by atoms with Crippen LogP contribution in [0.5, 0.6) is 0 Å². The number of hydrogen-bond donors (Lipinski definition) is 0. The van der Waals surface area contributed by atoms with Crippen LogP contribution < -0.4 is 0 Å². The third-order valence-electron chi connectivity index (χ3n) is 1.77. The van der Waals surface area contributed by atoms with Crippen molar-refractivity contribution in [2.24, 2.45) is 5.92 Å². The first kappa shape index (κ1) is 9.13. The van der Waals surface area contributed by atoms with Gasteiger partial charge in [0.05, 0.1) is 6.10 Å². The standard InChI is InChI=1S/C9H12O3/c1-7(5-10)4-9-3-2-8(11)6-12-9/h2-3,5,7,9H,4,6H2,1H3. The zero-order chi connectivity index (χ0) is 8.97. The number of rotatable bonds is 3. The summed E-state index contributed by atoms with van der Waals surface area (Å²) in [5.41, 5.74) is 0. The van der Waals surface area contributed by atoms with Crippen molar-refractivity contribution in [2.45, 2.75) is 19.4 Å². The van der Waals surface area contributed by atoms with E-state index in [1.807, 2.05) is 6.92 Å². The number of carbonyl (C=O) groups excluding carboxylic acids is 2. The molecule has 0 saturated carbocycles. The molecule has 66 valence electrons. The average molecular weight is 168 g/mol. The van der Waals surface area contributed by atoms with Crippen LogP contribution in [0.3, 0.4) is 0 Å². The molecule has 0 fully saturated rings. The van der Waals surface area contributed by atoms with Crippen LogP contribution in [0.1, 0.15) is 13.3 Å². The highest BCUT2D eigenvalue weighted by Gasteiger charge is 2.15. The summed E-state index contributed by atoms with van der Waals surface area (Å²) in [6, 6.07) is 0. The van der Waals surface area contributed by atoms with Crippen molar-refractivity contribution in [2.75, 3.05) is 6.61 Å². The maximum absolute atomic E-state index is 10.7. The fraction of sp³-hybridized carbons (Fsp3) is 0.556. The van der Waals surface area contributed by atoms with Crippen LogP contribution in [0.25, 0.3) is 0 Å². The average Bonchev–Trinajstić information content (AvgIpc) is 2.09. The molecule has 1 rings (SSSR count). The molecule has 0 bridgehead atoms. The Morgan fingerprint density at radius 1 is 1.83 bits per heavy atom. The van der Waals surface area contributed by atoms with Crippen molar-refractivity contribution >= 4 is 12.1 Å². The van der Waals surface area contributed by atoms with E-state index in [9.17, 15) is 9.59 Å². The largest absolute Gasteiger partial charge is 0.366 e. The molecular weight excluding hydrogens is 156 g/mol. The van der Waals surface area contributed by atoms with Crippen LogP contribution in [0, 0.1) is 5.92 Å². The SMILES string of the molecule is CC(C=O)CC1C=CC(=O)CO1. The van der Waals surface area contributed by atoms with E-state index in [2.05, 4.69) is 0 Å². The van der Waals surface area contributed by atoms with Gasteiger partial charge in [0.1, 0.15) is 12.9 Å². The summed E-state index contributed by atoms with van der Waals surface area (Å²) in [6.45, 7) is 1.98. The Hall–Kier alpha value is -0.960. The van der Waals surface area contributed by atoms with Crippen LogP contribution in [0.2, 0.25) is 0 Å². The summed E-state index contributed by atoms with van der Waals surface area (Å²) < 4.78 is 5.17. The lowest BCUT2D eigenvalue weighted by Gasteiger charge is -2.17. The summed E-state index contributed by atoms with van der Waals surface area (Å²) in [7, 11) is 0. The summed E-state index contributed by atoms with van der Waals surface area (Å²) >= 11 is 0. The Kier molecular flexibility index (Phi) is 3.17. The van der Waals surface area contributed by atoms with Crippen molar-refractivity contribution in [1.82, 2.24) is 0 Å². The number of aldehydes is 1. The van der Waals surface area contributed by atoms with Gasteiger partial charge in [-0.05, 0) is 12.5 Å². The summed E-state index contributed by atoms with van der Waals surface area (Å²) in [4.78, 5) is 21.0. The monoisotopic (exact) mass is 168 g/mol. The number of ether oxygens (including phenoxy) is 1. The number of hydrogen-bond acceptors (Lipinski definition) is 3. The van der Waals surface area contributed by atoms with E-state index < -0.39 is 0 Å². The third kappa shape index (κ3) is 2.58. The maximum atomic E-state index is 10.7. The van der Waals surface area contributed by atoms with Crippen LogP contribution in [-0.4, -0.2) is 24.8 Å². The third-order valence-corrected chi connectivity index (χ3v) is 1.77. The Bertz CT molecular complexity index is 208. The highest BCUT2D eigenvalue weighted by molar-refractivity contribution is 5.91. The van der Waals surface area contributed by atoms with Gasteiger partial charge in [-0.2, -0.15) is 0 Å². The maximum Gasteiger partial charge on any atom is 0.181 e. The summed E-state index contributed by atoms with van der Waals surface area (Å²) in [6.07, 6.45) is 4.72. The quantitative estimate of drug-likeness (QED) is 0.583. The molecule has 1 aliphatic heterocycles. The van der Waals surface area contributed by atoms with Gasteiger partial charge in [-0.1, -0.05) is 13.0 Å². The number of carbonyl (C=O) groups is 2. The minimum Gasteiger partial charge on any atom is -0.366 e. The highest BCUT2D eigenvalue weighted by Crippen LogP contribution is 2.11. The second-order valence-electron chi connectivity index (χ2n) is 3.02. The second-order valence-corrected chi connectivity index (χ2v) is 3.02. The first-order chi connectivity index (χ1) is 5.72. The van der Waals surface area contributed by atoms with Crippen molar-refractivity contribution < 1.29 is 14.3 Å². The molecular formula is C9H12O3. The lowest BCUT2D eigenvalue weighted by atomic mass is 10.0. The normalized spacial score (nSPS) is 25.4. The van der Waals surface area contributed by atoms with Crippen molar-refractivity contribution in [3.63, 3.8) is 0 Å². The van der Waals surface area contributed by atoms with E-state index in [1.165, 1.54) is 6.08 Å². The predicted octanol–water partition coefficient (Wildman–Crippen LogP) is 0.736.